The molecule has 0 spiro atoms. The molecule has 0 heterocycles. The monoisotopic (exact) mass is 389 g/mol. The van der Waals surface area contributed by atoms with Gasteiger partial charge >= 0.3 is 5.69 Å². The van der Waals surface area contributed by atoms with E-state index in [4.69, 9.17) is 0 Å². The zero-order valence-electron chi connectivity index (χ0n) is 15.1. The van der Waals surface area contributed by atoms with E-state index in [1.165, 1.54) is 25.1 Å². The van der Waals surface area contributed by atoms with Crippen molar-refractivity contribution in [2.45, 2.75) is 32.4 Å². The zero-order chi connectivity index (χ0) is 20.7. The van der Waals surface area contributed by atoms with Crippen LogP contribution >= 0.6 is 0 Å². The molecular formula is C19H20FN3O5. The van der Waals surface area contributed by atoms with E-state index in [1.54, 1.807) is 12.1 Å². The molecule has 0 aliphatic heterocycles. The summed E-state index contributed by atoms with van der Waals surface area (Å²) in [5.74, 6) is -1.65. The summed E-state index contributed by atoms with van der Waals surface area (Å²) < 4.78 is 13.3. The molecule has 0 fully saturated rings. The van der Waals surface area contributed by atoms with Gasteiger partial charge < -0.3 is 15.7 Å². The van der Waals surface area contributed by atoms with Gasteiger partial charge in [-0.3, -0.25) is 19.7 Å². The van der Waals surface area contributed by atoms with E-state index in [-0.39, 0.29) is 25.1 Å². The second-order valence-electron chi connectivity index (χ2n) is 6.22. The van der Waals surface area contributed by atoms with Gasteiger partial charge in [-0.1, -0.05) is 18.2 Å². The van der Waals surface area contributed by atoms with Crippen molar-refractivity contribution >= 4 is 17.5 Å². The van der Waals surface area contributed by atoms with Crippen molar-refractivity contribution in [2.75, 3.05) is 0 Å². The maximum atomic E-state index is 13.3. The van der Waals surface area contributed by atoms with Gasteiger partial charge in [0.1, 0.15) is 11.8 Å². The van der Waals surface area contributed by atoms with Crippen LogP contribution in [-0.2, 0) is 22.6 Å². The average Bonchev–Trinajstić information content (AvgIpc) is 2.65. The minimum atomic E-state index is -0.935. The summed E-state index contributed by atoms with van der Waals surface area (Å²) in [4.78, 5) is 34.0. The first-order chi connectivity index (χ1) is 13.3. The Hall–Kier alpha value is -3.49. The highest BCUT2D eigenvalue weighted by atomic mass is 19.1. The number of carbonyl (C=O) groups excluding carboxylic acids is 2. The summed E-state index contributed by atoms with van der Waals surface area (Å²) in [5, 5.41) is 25.3. The van der Waals surface area contributed by atoms with Gasteiger partial charge in [0.05, 0.1) is 4.92 Å². The molecule has 3 N–H and O–H groups in total. The zero-order valence-corrected chi connectivity index (χ0v) is 15.1. The predicted octanol–water partition coefficient (Wildman–Crippen LogP) is 2.19. The van der Waals surface area contributed by atoms with Crippen LogP contribution < -0.4 is 10.6 Å². The maximum absolute atomic E-state index is 13.3. The Morgan fingerprint density at radius 2 is 1.96 bits per heavy atom. The number of amides is 2. The van der Waals surface area contributed by atoms with E-state index in [1.807, 2.05) is 0 Å². The van der Waals surface area contributed by atoms with Gasteiger partial charge in [-0.05, 0) is 42.7 Å². The summed E-state index contributed by atoms with van der Waals surface area (Å²) >= 11 is 0. The Morgan fingerprint density at radius 1 is 1.21 bits per heavy atom. The van der Waals surface area contributed by atoms with Crippen molar-refractivity contribution in [3.8, 4) is 5.75 Å². The molecule has 0 radical (unpaired) electrons. The van der Waals surface area contributed by atoms with Crippen LogP contribution in [0.2, 0.25) is 0 Å². The predicted molar refractivity (Wildman–Crippen MR) is 98.9 cm³/mol. The van der Waals surface area contributed by atoms with Crippen LogP contribution in [0, 0.1) is 15.9 Å². The molecule has 0 unspecified atom stereocenters. The van der Waals surface area contributed by atoms with Crippen molar-refractivity contribution in [3.05, 3.63) is 69.5 Å². The number of benzene rings is 2. The highest BCUT2D eigenvalue weighted by Crippen LogP contribution is 2.19. The molecule has 0 saturated heterocycles. The van der Waals surface area contributed by atoms with Crippen LogP contribution in [0.25, 0.3) is 0 Å². The van der Waals surface area contributed by atoms with Gasteiger partial charge in [-0.25, -0.2) is 0 Å². The molecule has 0 saturated carbocycles. The third kappa shape index (κ3) is 6.04. The number of halogens is 1. The molecule has 9 heteroatoms. The van der Waals surface area contributed by atoms with Gasteiger partial charge in [0.15, 0.2) is 0 Å². The largest absolute Gasteiger partial charge is 0.508 e. The van der Waals surface area contributed by atoms with Gasteiger partial charge in [0.2, 0.25) is 17.6 Å². The molecule has 8 nitrogen and oxygen atoms in total. The maximum Gasteiger partial charge on any atom is 0.305 e. The third-order valence-corrected chi connectivity index (χ3v) is 4.00. The number of nitrogens with one attached hydrogen (secondary N) is 2. The lowest BCUT2D eigenvalue weighted by molar-refractivity contribution is -0.387. The summed E-state index contributed by atoms with van der Waals surface area (Å²) in [6.45, 7) is 1.73. The normalized spacial score (nSPS) is 11.5. The molecule has 0 bridgehead atoms. The molecular weight excluding hydrogens is 369 g/mol. The van der Waals surface area contributed by atoms with E-state index >= 15 is 0 Å². The number of hydrogen-bond acceptors (Lipinski definition) is 5. The summed E-state index contributed by atoms with van der Waals surface area (Å²) in [5.41, 5.74) is 0.520. The Bertz CT molecular complexity index is 888. The number of aryl methyl sites for hydroxylation is 1. The van der Waals surface area contributed by atoms with Crippen LogP contribution in [0.15, 0.2) is 42.5 Å². The first-order valence-corrected chi connectivity index (χ1v) is 8.54. The summed E-state index contributed by atoms with van der Waals surface area (Å²) in [6.07, 6.45) is 0.164. The molecule has 0 aromatic heterocycles. The van der Waals surface area contributed by atoms with Gasteiger partial charge in [0.25, 0.3) is 0 Å². The number of nitrogens with zero attached hydrogens (tertiary/aromatic N) is 1. The number of rotatable bonds is 8. The van der Waals surface area contributed by atoms with Crippen LogP contribution in [0.1, 0.15) is 24.5 Å². The summed E-state index contributed by atoms with van der Waals surface area (Å²) in [7, 11) is 0. The van der Waals surface area contributed by atoms with Crippen molar-refractivity contribution in [1.82, 2.24) is 10.6 Å². The molecule has 2 amide bonds. The van der Waals surface area contributed by atoms with E-state index in [0.29, 0.717) is 11.1 Å². The quantitative estimate of drug-likeness (QED) is 0.472. The number of carbonyl (C=O) groups is 2. The second-order valence-corrected chi connectivity index (χ2v) is 6.22. The fraction of sp³-hybridized carbons (Fsp3) is 0.263. The average molecular weight is 389 g/mol. The van der Waals surface area contributed by atoms with Crippen molar-refractivity contribution in [3.63, 3.8) is 0 Å². The van der Waals surface area contributed by atoms with Gasteiger partial charge in [-0.2, -0.15) is 4.39 Å². The van der Waals surface area contributed by atoms with Crippen LogP contribution in [0.3, 0.4) is 0 Å². The van der Waals surface area contributed by atoms with Crippen molar-refractivity contribution in [2.24, 2.45) is 0 Å². The SMILES string of the molecule is C[C@H](NC(=O)CCc1ccc(F)c([N+](=O)[O-])c1)C(=O)NCc1cccc(O)c1. The number of phenolic OH excluding ortho intramolecular Hbond substituents is 1. The lowest BCUT2D eigenvalue weighted by atomic mass is 10.1. The van der Waals surface area contributed by atoms with E-state index < -0.39 is 34.3 Å². The smallest absolute Gasteiger partial charge is 0.305 e. The molecule has 1 atom stereocenters. The molecule has 148 valence electrons. The Labute approximate surface area is 160 Å². The van der Waals surface area contributed by atoms with Crippen LogP contribution in [-0.4, -0.2) is 27.9 Å². The number of phenols is 1. The van der Waals surface area contributed by atoms with E-state index in [0.717, 1.165) is 12.1 Å². The molecule has 0 aliphatic carbocycles. The van der Waals surface area contributed by atoms with Gasteiger partial charge in [0, 0.05) is 19.0 Å². The van der Waals surface area contributed by atoms with Crippen molar-refractivity contribution in [1.29, 1.82) is 0 Å². The van der Waals surface area contributed by atoms with E-state index in [9.17, 15) is 29.2 Å². The minimum absolute atomic E-state index is 0.00698. The fourth-order valence-electron chi connectivity index (χ4n) is 2.50. The highest BCUT2D eigenvalue weighted by Gasteiger charge is 2.17. The third-order valence-electron chi connectivity index (χ3n) is 4.00. The fourth-order valence-corrected chi connectivity index (χ4v) is 2.50. The second kappa shape index (κ2) is 9.45. The molecule has 2 aromatic carbocycles. The molecule has 28 heavy (non-hydrogen) atoms. The van der Waals surface area contributed by atoms with Crippen molar-refractivity contribution < 1.29 is 24.0 Å². The topological polar surface area (TPSA) is 122 Å². The standard InChI is InChI=1S/C19H20FN3O5/c1-12(19(26)21-11-14-3-2-4-15(24)9-14)22-18(25)8-6-13-5-7-16(20)17(10-13)23(27)28/h2-5,7,9-10,12,24H,6,8,11H2,1H3,(H,21,26)(H,22,25)/t12-/m0/s1. The summed E-state index contributed by atoms with van der Waals surface area (Å²) in [6, 6.07) is 9.10. The lowest BCUT2D eigenvalue weighted by Gasteiger charge is -2.14. The minimum Gasteiger partial charge on any atom is -0.508 e. The Morgan fingerprint density at radius 3 is 2.64 bits per heavy atom. The van der Waals surface area contributed by atoms with Gasteiger partial charge in [-0.15, -0.1) is 0 Å². The molecule has 0 aliphatic rings. The van der Waals surface area contributed by atoms with E-state index in [2.05, 4.69) is 10.6 Å². The lowest BCUT2D eigenvalue weighted by Crippen LogP contribution is -2.44. The van der Waals surface area contributed by atoms with Crippen LogP contribution in [0.5, 0.6) is 5.75 Å². The molecule has 2 aromatic rings. The number of nitro benzene ring substituents is 1. The molecule has 2 rings (SSSR count). The first-order valence-electron chi connectivity index (χ1n) is 8.54. The first kappa shape index (κ1) is 20.8. The van der Waals surface area contributed by atoms with Crippen LogP contribution in [0.4, 0.5) is 10.1 Å². The Balaban J connectivity index is 1.81. The number of hydrogen-bond donors (Lipinski definition) is 3. The number of aromatic hydroxyl groups is 1. The highest BCUT2D eigenvalue weighted by molar-refractivity contribution is 5.87. The number of nitro groups is 1. The Kier molecular flexibility index (Phi) is 7.02.